The molecule has 3 heterocycles. The summed E-state index contributed by atoms with van der Waals surface area (Å²) in [4.78, 5) is 8.53. The fraction of sp³-hybridized carbons (Fsp3) is 0.133. The van der Waals surface area contributed by atoms with Crippen LogP contribution >= 0.6 is 0 Å². The van der Waals surface area contributed by atoms with Crippen molar-refractivity contribution in [3.05, 3.63) is 48.0 Å². The van der Waals surface area contributed by atoms with Crippen LogP contribution in [-0.2, 0) is 7.05 Å². The molecule has 0 aliphatic heterocycles. The Balaban J connectivity index is 2.41. The van der Waals surface area contributed by atoms with Gasteiger partial charge in [0.05, 0.1) is 0 Å². The van der Waals surface area contributed by atoms with E-state index in [1.54, 1.807) is 6.20 Å². The molecule has 0 atom stereocenters. The lowest BCUT2D eigenvalue weighted by atomic mass is 10.0. The van der Waals surface area contributed by atoms with Gasteiger partial charge in [0.2, 0.25) is 0 Å². The van der Waals surface area contributed by atoms with Crippen molar-refractivity contribution >= 4 is 11.0 Å². The number of hydrogen-bond acceptors (Lipinski definition) is 3. The van der Waals surface area contributed by atoms with E-state index in [2.05, 4.69) is 16.0 Å². The molecule has 3 aromatic rings. The second-order valence-corrected chi connectivity index (χ2v) is 4.52. The number of pyridine rings is 2. The molecule has 0 fully saturated rings. The summed E-state index contributed by atoms with van der Waals surface area (Å²) < 4.78 is 1.92. The van der Waals surface area contributed by atoms with Crippen molar-refractivity contribution in [3.63, 3.8) is 0 Å². The highest BCUT2D eigenvalue weighted by Crippen LogP contribution is 2.30. The van der Waals surface area contributed by atoms with Crippen molar-refractivity contribution in [1.82, 2.24) is 14.5 Å². The maximum absolute atomic E-state index is 9.13. The minimum Gasteiger partial charge on any atom is -0.336 e. The van der Waals surface area contributed by atoms with Crippen molar-refractivity contribution in [1.29, 1.82) is 5.26 Å². The van der Waals surface area contributed by atoms with Gasteiger partial charge < -0.3 is 4.57 Å². The van der Waals surface area contributed by atoms with Gasteiger partial charge >= 0.3 is 0 Å². The predicted molar refractivity (Wildman–Crippen MR) is 73.4 cm³/mol. The van der Waals surface area contributed by atoms with E-state index in [-0.39, 0.29) is 0 Å². The molecule has 0 amide bonds. The molecule has 4 heteroatoms. The maximum Gasteiger partial charge on any atom is 0.143 e. The van der Waals surface area contributed by atoms with Crippen molar-refractivity contribution in [2.24, 2.45) is 7.05 Å². The molecule has 0 unspecified atom stereocenters. The van der Waals surface area contributed by atoms with E-state index >= 15 is 0 Å². The molecule has 3 aromatic heterocycles. The van der Waals surface area contributed by atoms with Gasteiger partial charge in [-0.2, -0.15) is 5.26 Å². The number of nitrogens with zero attached hydrogens (tertiary/aromatic N) is 4. The first-order valence-electron chi connectivity index (χ1n) is 5.98. The molecule has 0 saturated heterocycles. The monoisotopic (exact) mass is 248 g/mol. The van der Waals surface area contributed by atoms with Crippen molar-refractivity contribution in [2.45, 2.75) is 6.92 Å². The van der Waals surface area contributed by atoms with Crippen LogP contribution in [0.3, 0.4) is 0 Å². The lowest BCUT2D eigenvalue weighted by Gasteiger charge is -2.07. The molecule has 0 aliphatic rings. The van der Waals surface area contributed by atoms with Crippen LogP contribution in [0, 0.1) is 18.3 Å². The van der Waals surface area contributed by atoms with Gasteiger partial charge in [0, 0.05) is 36.6 Å². The van der Waals surface area contributed by atoms with Gasteiger partial charge in [0.1, 0.15) is 17.4 Å². The lowest BCUT2D eigenvalue weighted by Crippen LogP contribution is -1.94. The number of aromatic nitrogens is 3. The summed E-state index contributed by atoms with van der Waals surface area (Å²) in [6, 6.07) is 7.93. The number of fused-ring (bicyclic) bond motifs is 1. The normalized spacial score (nSPS) is 10.6. The van der Waals surface area contributed by atoms with Gasteiger partial charge in [-0.3, -0.25) is 4.98 Å². The van der Waals surface area contributed by atoms with Crippen LogP contribution < -0.4 is 0 Å². The molecule has 0 aliphatic carbocycles. The first-order valence-corrected chi connectivity index (χ1v) is 5.98. The van der Waals surface area contributed by atoms with E-state index in [9.17, 15) is 0 Å². The van der Waals surface area contributed by atoms with Crippen LogP contribution in [0.1, 0.15) is 11.3 Å². The largest absolute Gasteiger partial charge is 0.336 e. The van der Waals surface area contributed by atoms with Gasteiger partial charge in [-0.05, 0) is 36.2 Å². The van der Waals surface area contributed by atoms with Crippen LogP contribution in [0.15, 0.2) is 36.8 Å². The lowest BCUT2D eigenvalue weighted by molar-refractivity contribution is 0.946. The van der Waals surface area contributed by atoms with Gasteiger partial charge in [-0.15, -0.1) is 0 Å². The Kier molecular flexibility index (Phi) is 2.53. The molecular weight excluding hydrogens is 236 g/mol. The molecular formula is C15H12N4. The average molecular weight is 248 g/mol. The van der Waals surface area contributed by atoms with E-state index in [0.29, 0.717) is 5.69 Å². The number of hydrogen-bond donors (Lipinski definition) is 0. The summed E-state index contributed by atoms with van der Waals surface area (Å²) >= 11 is 0. The highest BCUT2D eigenvalue weighted by Gasteiger charge is 2.12. The Bertz CT molecular complexity index is 809. The zero-order valence-corrected chi connectivity index (χ0v) is 10.8. The van der Waals surface area contributed by atoms with Crippen molar-refractivity contribution in [3.8, 4) is 17.2 Å². The molecule has 0 radical (unpaired) electrons. The fourth-order valence-electron chi connectivity index (χ4n) is 2.26. The molecule has 0 N–H and O–H groups in total. The number of nitriles is 1. The summed E-state index contributed by atoms with van der Waals surface area (Å²) in [5.74, 6) is 0. The van der Waals surface area contributed by atoms with Gasteiger partial charge in [0.15, 0.2) is 0 Å². The molecule has 92 valence electrons. The zero-order chi connectivity index (χ0) is 13.4. The predicted octanol–water partition coefficient (Wildman–Crippen LogP) is 2.82. The van der Waals surface area contributed by atoms with E-state index in [1.165, 1.54) is 0 Å². The van der Waals surface area contributed by atoms with E-state index < -0.39 is 0 Å². The smallest absolute Gasteiger partial charge is 0.143 e. The molecule has 0 bridgehead atoms. The van der Waals surface area contributed by atoms with Crippen LogP contribution in [0.2, 0.25) is 0 Å². The molecule has 19 heavy (non-hydrogen) atoms. The van der Waals surface area contributed by atoms with Crippen LogP contribution in [-0.4, -0.2) is 14.5 Å². The van der Waals surface area contributed by atoms with E-state index in [4.69, 9.17) is 5.26 Å². The molecule has 0 spiro atoms. The molecule has 0 aromatic carbocycles. The first kappa shape index (κ1) is 11.4. The highest BCUT2D eigenvalue weighted by atomic mass is 15.0. The van der Waals surface area contributed by atoms with Gasteiger partial charge in [-0.25, -0.2) is 4.98 Å². The highest BCUT2D eigenvalue weighted by molar-refractivity contribution is 5.94. The van der Waals surface area contributed by atoms with Gasteiger partial charge in [0.25, 0.3) is 0 Å². The maximum atomic E-state index is 9.13. The van der Waals surface area contributed by atoms with Crippen LogP contribution in [0.25, 0.3) is 22.2 Å². The second-order valence-electron chi connectivity index (χ2n) is 4.52. The summed E-state index contributed by atoms with van der Waals surface area (Å²) in [6.07, 6.45) is 5.56. The molecule has 0 saturated carbocycles. The van der Waals surface area contributed by atoms with E-state index in [1.807, 2.05) is 49.1 Å². The third kappa shape index (κ3) is 1.76. The second kappa shape index (κ2) is 4.21. The summed E-state index contributed by atoms with van der Waals surface area (Å²) in [7, 11) is 1.93. The topological polar surface area (TPSA) is 54.5 Å². The Morgan fingerprint density at radius 3 is 2.84 bits per heavy atom. The Hall–Kier alpha value is -2.67. The van der Waals surface area contributed by atoms with Crippen molar-refractivity contribution < 1.29 is 0 Å². The zero-order valence-electron chi connectivity index (χ0n) is 10.8. The SMILES string of the molecule is Cc1ccncc1-c1cc(C#N)nc2c1ccn2C. The third-order valence-corrected chi connectivity index (χ3v) is 3.28. The van der Waals surface area contributed by atoms with Crippen LogP contribution in [0.5, 0.6) is 0 Å². The summed E-state index contributed by atoms with van der Waals surface area (Å²) in [6.45, 7) is 2.04. The number of aryl methyl sites for hydroxylation is 2. The first-order chi connectivity index (χ1) is 9.20. The molecule has 3 rings (SSSR count). The van der Waals surface area contributed by atoms with Crippen LogP contribution in [0.4, 0.5) is 0 Å². The minimum atomic E-state index is 0.424. The van der Waals surface area contributed by atoms with Crippen molar-refractivity contribution in [2.75, 3.05) is 0 Å². The Labute approximate surface area is 111 Å². The summed E-state index contributed by atoms with van der Waals surface area (Å²) in [5, 5.41) is 10.2. The quantitative estimate of drug-likeness (QED) is 0.665. The molecule has 4 nitrogen and oxygen atoms in total. The van der Waals surface area contributed by atoms with Gasteiger partial charge in [-0.1, -0.05) is 0 Å². The summed E-state index contributed by atoms with van der Waals surface area (Å²) in [5.41, 5.74) is 4.42. The van der Waals surface area contributed by atoms with E-state index in [0.717, 1.165) is 27.7 Å². The Morgan fingerprint density at radius 1 is 1.26 bits per heavy atom. The fourth-order valence-corrected chi connectivity index (χ4v) is 2.26. The Morgan fingerprint density at radius 2 is 2.11 bits per heavy atom. The average Bonchev–Trinajstić information content (AvgIpc) is 2.80. The third-order valence-electron chi connectivity index (χ3n) is 3.28. The standard InChI is InChI=1S/C15H12N4/c1-10-3-5-17-9-14(10)13-7-11(8-16)18-15-12(13)4-6-19(15)2/h3-7,9H,1-2H3. The number of rotatable bonds is 1. The minimum absolute atomic E-state index is 0.424.